The lowest BCUT2D eigenvalue weighted by molar-refractivity contribution is 0.0946. The van der Waals surface area contributed by atoms with Crippen molar-refractivity contribution >= 4 is 17.2 Å². The fraction of sp³-hybridized carbons (Fsp3) is 0.263. The van der Waals surface area contributed by atoms with E-state index in [2.05, 4.69) is 20.9 Å². The van der Waals surface area contributed by atoms with E-state index in [-0.39, 0.29) is 11.7 Å². The molecule has 6 heteroatoms. The van der Waals surface area contributed by atoms with Crippen molar-refractivity contribution in [2.24, 2.45) is 0 Å². The highest BCUT2D eigenvalue weighted by Crippen LogP contribution is 2.30. The van der Waals surface area contributed by atoms with Gasteiger partial charge in [-0.25, -0.2) is 0 Å². The van der Waals surface area contributed by atoms with E-state index in [1.807, 2.05) is 11.3 Å². The second kappa shape index (κ2) is 6.72. The number of benzene rings is 1. The second-order valence-corrected chi connectivity index (χ2v) is 7.23. The highest BCUT2D eigenvalue weighted by Gasteiger charge is 2.17. The van der Waals surface area contributed by atoms with Gasteiger partial charge in [0.2, 0.25) is 0 Å². The number of carbonyl (C=O) groups is 1. The summed E-state index contributed by atoms with van der Waals surface area (Å²) in [6, 6.07) is 8.47. The van der Waals surface area contributed by atoms with Crippen molar-refractivity contribution in [3.8, 4) is 17.0 Å². The summed E-state index contributed by atoms with van der Waals surface area (Å²) in [6.07, 6.45) is 4.80. The summed E-state index contributed by atoms with van der Waals surface area (Å²) in [7, 11) is 0. The Morgan fingerprint density at radius 2 is 2.04 bits per heavy atom. The van der Waals surface area contributed by atoms with Crippen LogP contribution in [0.15, 0.2) is 35.7 Å². The highest BCUT2D eigenvalue weighted by molar-refractivity contribution is 7.10. The van der Waals surface area contributed by atoms with E-state index in [1.54, 1.807) is 30.3 Å². The Morgan fingerprint density at radius 1 is 1.24 bits per heavy atom. The van der Waals surface area contributed by atoms with Crippen molar-refractivity contribution in [3.05, 3.63) is 57.4 Å². The Bertz CT molecular complexity index is 896. The molecule has 1 aromatic carbocycles. The topological polar surface area (TPSA) is 78.0 Å². The molecule has 1 aliphatic carbocycles. The van der Waals surface area contributed by atoms with Gasteiger partial charge in [-0.05, 0) is 72.5 Å². The normalized spacial score (nSPS) is 13.4. The van der Waals surface area contributed by atoms with E-state index in [0.29, 0.717) is 17.9 Å². The van der Waals surface area contributed by atoms with Gasteiger partial charge in [-0.2, -0.15) is 5.10 Å². The number of rotatable bonds is 4. The lowest BCUT2D eigenvalue weighted by Crippen LogP contribution is -2.23. The summed E-state index contributed by atoms with van der Waals surface area (Å²) in [6.45, 7) is 0.554. The fourth-order valence-corrected chi connectivity index (χ4v) is 4.35. The molecule has 128 valence electrons. The summed E-state index contributed by atoms with van der Waals surface area (Å²) in [4.78, 5) is 13.9. The Labute approximate surface area is 149 Å². The van der Waals surface area contributed by atoms with Gasteiger partial charge in [0, 0.05) is 17.0 Å². The summed E-state index contributed by atoms with van der Waals surface area (Å²) < 4.78 is 0. The molecule has 2 aromatic heterocycles. The lowest BCUT2D eigenvalue weighted by Gasteiger charge is -2.13. The van der Waals surface area contributed by atoms with Gasteiger partial charge in [0.25, 0.3) is 5.91 Å². The average Bonchev–Trinajstić information content (AvgIpc) is 3.28. The summed E-state index contributed by atoms with van der Waals surface area (Å²) in [5.74, 6) is 0.0460. The number of fused-ring (bicyclic) bond motifs is 1. The number of hydrogen-bond acceptors (Lipinski definition) is 4. The molecule has 1 aliphatic rings. The minimum absolute atomic E-state index is 0.159. The molecule has 0 bridgehead atoms. The fourth-order valence-electron chi connectivity index (χ4n) is 3.20. The molecule has 3 aromatic rings. The molecule has 25 heavy (non-hydrogen) atoms. The van der Waals surface area contributed by atoms with Crippen LogP contribution >= 0.6 is 11.3 Å². The van der Waals surface area contributed by atoms with Crippen LogP contribution < -0.4 is 5.32 Å². The molecule has 2 heterocycles. The van der Waals surface area contributed by atoms with Gasteiger partial charge in [0.05, 0.1) is 5.69 Å². The van der Waals surface area contributed by atoms with Crippen LogP contribution in [0.1, 0.15) is 39.3 Å². The van der Waals surface area contributed by atoms with Gasteiger partial charge in [-0.3, -0.25) is 9.89 Å². The number of nitrogens with zero attached hydrogens (tertiary/aromatic N) is 1. The van der Waals surface area contributed by atoms with Crippen LogP contribution in [0.5, 0.6) is 5.75 Å². The Kier molecular flexibility index (Phi) is 4.28. The van der Waals surface area contributed by atoms with Crippen molar-refractivity contribution in [2.75, 3.05) is 0 Å². The molecule has 1 amide bonds. The van der Waals surface area contributed by atoms with E-state index < -0.39 is 0 Å². The van der Waals surface area contributed by atoms with E-state index in [4.69, 9.17) is 0 Å². The number of H-pyrrole nitrogens is 1. The average molecular weight is 353 g/mol. The monoisotopic (exact) mass is 353 g/mol. The van der Waals surface area contributed by atoms with Crippen molar-refractivity contribution < 1.29 is 9.90 Å². The Morgan fingerprint density at radius 3 is 2.88 bits per heavy atom. The first-order valence-electron chi connectivity index (χ1n) is 8.42. The van der Waals surface area contributed by atoms with Gasteiger partial charge < -0.3 is 10.4 Å². The smallest absolute Gasteiger partial charge is 0.269 e. The minimum atomic E-state index is -0.159. The molecule has 4 rings (SSSR count). The molecule has 0 spiro atoms. The van der Waals surface area contributed by atoms with Crippen LogP contribution in [0.25, 0.3) is 11.3 Å². The standard InChI is InChI=1S/C19H19N3O2S/c23-14-7-5-12(6-8-14)16-9-17(22-21-16)19(24)20-10-13-11-25-18-4-2-1-3-15(13)18/h5-9,11,23H,1-4,10H2,(H,20,24)(H,21,22). The van der Waals surface area contributed by atoms with Crippen LogP contribution in [0.2, 0.25) is 0 Å². The van der Waals surface area contributed by atoms with Crippen LogP contribution in [0, 0.1) is 0 Å². The number of thiophene rings is 1. The third kappa shape index (κ3) is 3.30. The maximum atomic E-state index is 12.4. The van der Waals surface area contributed by atoms with Gasteiger partial charge >= 0.3 is 0 Å². The van der Waals surface area contributed by atoms with Crippen LogP contribution in [-0.2, 0) is 19.4 Å². The van der Waals surface area contributed by atoms with Crippen molar-refractivity contribution in [1.82, 2.24) is 15.5 Å². The SMILES string of the molecule is O=C(NCc1csc2c1CCCC2)c1cc(-c2ccc(O)cc2)n[nH]1. The van der Waals surface area contributed by atoms with Gasteiger partial charge in [-0.1, -0.05) is 0 Å². The lowest BCUT2D eigenvalue weighted by atomic mass is 9.96. The number of carbonyl (C=O) groups excluding carboxylic acids is 1. The molecule has 0 atom stereocenters. The maximum absolute atomic E-state index is 12.4. The maximum Gasteiger partial charge on any atom is 0.269 e. The number of phenols is 1. The number of aromatic hydroxyl groups is 1. The molecule has 0 saturated carbocycles. The van der Waals surface area contributed by atoms with Crippen molar-refractivity contribution in [1.29, 1.82) is 0 Å². The predicted octanol–water partition coefficient (Wildman–Crippen LogP) is 3.65. The number of hydrogen-bond donors (Lipinski definition) is 3. The summed E-state index contributed by atoms with van der Waals surface area (Å²) in [5, 5.41) is 21.5. The first kappa shape index (κ1) is 15.9. The third-order valence-corrected chi connectivity index (χ3v) is 5.71. The van der Waals surface area contributed by atoms with Crippen molar-refractivity contribution in [3.63, 3.8) is 0 Å². The second-order valence-electron chi connectivity index (χ2n) is 6.27. The van der Waals surface area contributed by atoms with E-state index >= 15 is 0 Å². The zero-order chi connectivity index (χ0) is 17.2. The van der Waals surface area contributed by atoms with Crippen molar-refractivity contribution in [2.45, 2.75) is 32.2 Å². The Balaban J connectivity index is 1.43. The van der Waals surface area contributed by atoms with E-state index in [0.717, 1.165) is 12.0 Å². The highest BCUT2D eigenvalue weighted by atomic mass is 32.1. The molecule has 3 N–H and O–H groups in total. The first-order chi connectivity index (χ1) is 12.2. The zero-order valence-corrected chi connectivity index (χ0v) is 14.5. The van der Waals surface area contributed by atoms with Crippen LogP contribution in [0.3, 0.4) is 0 Å². The number of amides is 1. The van der Waals surface area contributed by atoms with Gasteiger partial charge in [0.1, 0.15) is 11.4 Å². The molecular weight excluding hydrogens is 334 g/mol. The quantitative estimate of drug-likeness (QED) is 0.670. The summed E-state index contributed by atoms with van der Waals surface area (Å²) in [5.41, 5.74) is 4.64. The first-order valence-corrected chi connectivity index (χ1v) is 9.30. The number of aromatic amines is 1. The van der Waals surface area contributed by atoms with Gasteiger partial charge in [0.15, 0.2) is 0 Å². The molecule has 0 unspecified atom stereocenters. The Hall–Kier alpha value is -2.60. The molecule has 0 aliphatic heterocycles. The molecule has 0 saturated heterocycles. The number of aryl methyl sites for hydroxylation is 1. The number of nitrogens with one attached hydrogen (secondary N) is 2. The zero-order valence-electron chi connectivity index (χ0n) is 13.7. The van der Waals surface area contributed by atoms with Gasteiger partial charge in [-0.15, -0.1) is 11.3 Å². The summed E-state index contributed by atoms with van der Waals surface area (Å²) >= 11 is 1.81. The third-order valence-electron chi connectivity index (χ3n) is 4.57. The van der Waals surface area contributed by atoms with Crippen LogP contribution in [-0.4, -0.2) is 21.2 Å². The molecule has 0 fully saturated rings. The van der Waals surface area contributed by atoms with E-state index in [1.165, 1.54) is 35.3 Å². The predicted molar refractivity (Wildman–Crippen MR) is 97.8 cm³/mol. The van der Waals surface area contributed by atoms with E-state index in [9.17, 15) is 9.90 Å². The molecule has 0 radical (unpaired) electrons. The number of aromatic nitrogens is 2. The number of phenolic OH excluding ortho intramolecular Hbond substituents is 1. The van der Waals surface area contributed by atoms with Crippen LogP contribution in [0.4, 0.5) is 0 Å². The largest absolute Gasteiger partial charge is 0.508 e. The molecule has 5 nitrogen and oxygen atoms in total. The minimum Gasteiger partial charge on any atom is -0.508 e. The molecular formula is C19H19N3O2S.